The number of hydrogen-bond donors (Lipinski definition) is 1. The minimum Gasteiger partial charge on any atom is -0.329 e. The van der Waals surface area contributed by atoms with Crippen LogP contribution in [0.2, 0.25) is 0 Å². The van der Waals surface area contributed by atoms with Gasteiger partial charge in [-0.2, -0.15) is 9.40 Å². The number of rotatable bonds is 4. The second-order valence-corrected chi connectivity index (χ2v) is 6.37. The fraction of sp³-hybridized carbons (Fsp3) is 0.700. The lowest BCUT2D eigenvalue weighted by Gasteiger charge is -2.31. The van der Waals surface area contributed by atoms with Crippen molar-refractivity contribution in [2.24, 2.45) is 5.73 Å². The molecule has 0 atom stereocenters. The number of hydrogen-bond acceptors (Lipinski definition) is 5. The molecular formula is C10H19N5O2S. The van der Waals surface area contributed by atoms with Crippen molar-refractivity contribution in [2.75, 3.05) is 39.8 Å². The molecular weight excluding hydrogens is 254 g/mol. The SMILES string of the molecule is CN1CCN(S(=O)(=O)c2cnn(CCN)c2)CC1. The lowest BCUT2D eigenvalue weighted by molar-refractivity contribution is 0.222. The number of sulfonamides is 1. The van der Waals surface area contributed by atoms with Crippen LogP contribution in [0, 0.1) is 0 Å². The highest BCUT2D eigenvalue weighted by Gasteiger charge is 2.28. The summed E-state index contributed by atoms with van der Waals surface area (Å²) in [5, 5.41) is 4.00. The first-order chi connectivity index (χ1) is 8.54. The summed E-state index contributed by atoms with van der Waals surface area (Å²) >= 11 is 0. The van der Waals surface area contributed by atoms with E-state index in [-0.39, 0.29) is 4.90 Å². The fourth-order valence-electron chi connectivity index (χ4n) is 1.91. The Labute approximate surface area is 107 Å². The summed E-state index contributed by atoms with van der Waals surface area (Å²) in [6.07, 6.45) is 2.93. The summed E-state index contributed by atoms with van der Waals surface area (Å²) in [4.78, 5) is 2.37. The maximum Gasteiger partial charge on any atom is 0.246 e. The second kappa shape index (κ2) is 5.35. The largest absolute Gasteiger partial charge is 0.329 e. The molecule has 0 aromatic carbocycles. The Kier molecular flexibility index (Phi) is 4.00. The quantitative estimate of drug-likeness (QED) is 0.743. The van der Waals surface area contributed by atoms with Crippen molar-refractivity contribution in [3.8, 4) is 0 Å². The van der Waals surface area contributed by atoms with Crippen LogP contribution in [0.5, 0.6) is 0 Å². The van der Waals surface area contributed by atoms with Crippen LogP contribution in [0.1, 0.15) is 0 Å². The molecule has 8 heteroatoms. The monoisotopic (exact) mass is 273 g/mol. The molecule has 18 heavy (non-hydrogen) atoms. The number of nitrogens with zero attached hydrogens (tertiary/aromatic N) is 4. The standard InChI is InChI=1S/C10H19N5O2S/c1-13-4-6-15(7-5-13)18(16,17)10-8-12-14(9-10)3-2-11/h8-9H,2-7,11H2,1H3. The first-order valence-electron chi connectivity index (χ1n) is 5.95. The lowest BCUT2D eigenvalue weighted by atomic mass is 10.4. The molecule has 1 saturated heterocycles. The molecule has 0 spiro atoms. The zero-order valence-electron chi connectivity index (χ0n) is 10.5. The van der Waals surface area contributed by atoms with Crippen LogP contribution in [-0.2, 0) is 16.6 Å². The van der Waals surface area contributed by atoms with E-state index in [4.69, 9.17) is 5.73 Å². The predicted molar refractivity (Wildman–Crippen MR) is 67.5 cm³/mol. The van der Waals surface area contributed by atoms with Gasteiger partial charge in [0.2, 0.25) is 10.0 Å². The molecule has 0 unspecified atom stereocenters. The van der Waals surface area contributed by atoms with Gasteiger partial charge >= 0.3 is 0 Å². The molecule has 1 aromatic heterocycles. The first kappa shape index (κ1) is 13.5. The van der Waals surface area contributed by atoms with Crippen molar-refractivity contribution in [1.29, 1.82) is 0 Å². The van der Waals surface area contributed by atoms with E-state index in [2.05, 4.69) is 10.00 Å². The van der Waals surface area contributed by atoms with Gasteiger partial charge in [0.15, 0.2) is 0 Å². The molecule has 0 saturated carbocycles. The van der Waals surface area contributed by atoms with E-state index in [9.17, 15) is 8.42 Å². The highest BCUT2D eigenvalue weighted by Crippen LogP contribution is 2.16. The van der Waals surface area contributed by atoms with E-state index in [1.54, 1.807) is 10.9 Å². The van der Waals surface area contributed by atoms with E-state index in [0.29, 0.717) is 26.2 Å². The molecule has 1 aromatic rings. The van der Waals surface area contributed by atoms with Gasteiger partial charge in [-0.25, -0.2) is 8.42 Å². The van der Waals surface area contributed by atoms with Crippen molar-refractivity contribution in [1.82, 2.24) is 19.0 Å². The zero-order chi connectivity index (χ0) is 13.2. The van der Waals surface area contributed by atoms with Gasteiger partial charge in [-0.3, -0.25) is 4.68 Å². The van der Waals surface area contributed by atoms with Crippen molar-refractivity contribution >= 4 is 10.0 Å². The molecule has 2 heterocycles. The molecule has 0 bridgehead atoms. The van der Waals surface area contributed by atoms with E-state index in [1.165, 1.54) is 10.5 Å². The van der Waals surface area contributed by atoms with Gasteiger partial charge < -0.3 is 10.6 Å². The third-order valence-corrected chi connectivity index (χ3v) is 4.92. The molecule has 0 radical (unpaired) electrons. The smallest absolute Gasteiger partial charge is 0.246 e. The van der Waals surface area contributed by atoms with Gasteiger partial charge in [0.05, 0.1) is 12.7 Å². The molecule has 1 aliphatic rings. The highest BCUT2D eigenvalue weighted by atomic mass is 32.2. The number of nitrogens with two attached hydrogens (primary N) is 1. The third-order valence-electron chi connectivity index (χ3n) is 3.07. The Balaban J connectivity index is 2.14. The summed E-state index contributed by atoms with van der Waals surface area (Å²) in [5.41, 5.74) is 5.41. The molecule has 2 rings (SSSR count). The number of likely N-dealkylation sites (N-methyl/N-ethyl adjacent to an activating group) is 1. The molecule has 1 aliphatic heterocycles. The Morgan fingerprint density at radius 3 is 2.61 bits per heavy atom. The van der Waals surface area contributed by atoms with Gasteiger partial charge in [-0.15, -0.1) is 0 Å². The van der Waals surface area contributed by atoms with Crippen LogP contribution in [0.4, 0.5) is 0 Å². The van der Waals surface area contributed by atoms with Gasteiger partial charge in [-0.1, -0.05) is 0 Å². The lowest BCUT2D eigenvalue weighted by Crippen LogP contribution is -2.46. The summed E-state index contributed by atoms with van der Waals surface area (Å²) < 4.78 is 27.7. The second-order valence-electron chi connectivity index (χ2n) is 4.44. The van der Waals surface area contributed by atoms with E-state index >= 15 is 0 Å². The van der Waals surface area contributed by atoms with Crippen LogP contribution in [0.3, 0.4) is 0 Å². The molecule has 102 valence electrons. The van der Waals surface area contributed by atoms with Crippen LogP contribution >= 0.6 is 0 Å². The predicted octanol–water partition coefficient (Wildman–Crippen LogP) is -1.22. The van der Waals surface area contributed by atoms with Crippen molar-refractivity contribution in [3.05, 3.63) is 12.4 Å². The Hall–Kier alpha value is -0.960. The summed E-state index contributed by atoms with van der Waals surface area (Å²) in [7, 11) is -1.41. The molecule has 7 nitrogen and oxygen atoms in total. The molecule has 0 amide bonds. The molecule has 0 aliphatic carbocycles. The van der Waals surface area contributed by atoms with Crippen LogP contribution in [0.25, 0.3) is 0 Å². The van der Waals surface area contributed by atoms with Crippen LogP contribution < -0.4 is 5.73 Å². The average molecular weight is 273 g/mol. The van der Waals surface area contributed by atoms with Gasteiger partial charge in [-0.05, 0) is 7.05 Å². The third kappa shape index (κ3) is 2.72. The fourth-order valence-corrected chi connectivity index (χ4v) is 3.29. The van der Waals surface area contributed by atoms with Crippen LogP contribution in [0.15, 0.2) is 17.3 Å². The summed E-state index contributed by atoms with van der Waals surface area (Å²) in [5.74, 6) is 0. The Morgan fingerprint density at radius 2 is 2.00 bits per heavy atom. The normalized spacial score (nSPS) is 19.2. The average Bonchev–Trinajstić information content (AvgIpc) is 2.79. The molecule has 2 N–H and O–H groups in total. The maximum atomic E-state index is 12.3. The van der Waals surface area contributed by atoms with Crippen molar-refractivity contribution in [2.45, 2.75) is 11.4 Å². The van der Waals surface area contributed by atoms with E-state index < -0.39 is 10.0 Å². The Morgan fingerprint density at radius 1 is 1.33 bits per heavy atom. The number of aromatic nitrogens is 2. The van der Waals surface area contributed by atoms with Gasteiger partial charge in [0.25, 0.3) is 0 Å². The minimum absolute atomic E-state index is 0.250. The maximum absolute atomic E-state index is 12.3. The van der Waals surface area contributed by atoms with Crippen molar-refractivity contribution in [3.63, 3.8) is 0 Å². The van der Waals surface area contributed by atoms with E-state index in [0.717, 1.165) is 13.1 Å². The van der Waals surface area contributed by atoms with E-state index in [1.807, 2.05) is 7.05 Å². The van der Waals surface area contributed by atoms with Crippen LogP contribution in [-0.4, -0.2) is 67.2 Å². The topological polar surface area (TPSA) is 84.5 Å². The molecule has 1 fully saturated rings. The summed E-state index contributed by atoms with van der Waals surface area (Å²) in [6, 6.07) is 0. The zero-order valence-corrected chi connectivity index (χ0v) is 11.3. The number of piperazine rings is 1. The first-order valence-corrected chi connectivity index (χ1v) is 7.39. The minimum atomic E-state index is -3.40. The summed E-state index contributed by atoms with van der Waals surface area (Å²) in [6.45, 7) is 3.54. The Bertz CT molecular complexity index is 490. The van der Waals surface area contributed by atoms with Gasteiger partial charge in [0, 0.05) is 38.9 Å². The van der Waals surface area contributed by atoms with Crippen molar-refractivity contribution < 1.29 is 8.42 Å². The highest BCUT2D eigenvalue weighted by molar-refractivity contribution is 7.89. The van der Waals surface area contributed by atoms with Gasteiger partial charge in [0.1, 0.15) is 4.90 Å².